The van der Waals surface area contributed by atoms with E-state index in [-0.39, 0.29) is 5.91 Å². The Labute approximate surface area is 129 Å². The van der Waals surface area contributed by atoms with Gasteiger partial charge in [-0.1, -0.05) is 26.0 Å². The predicted octanol–water partition coefficient (Wildman–Crippen LogP) is 2.84. The van der Waals surface area contributed by atoms with Gasteiger partial charge in [0.25, 0.3) is 0 Å². The molecule has 0 aromatic heterocycles. The van der Waals surface area contributed by atoms with E-state index in [2.05, 4.69) is 26.0 Å². The van der Waals surface area contributed by atoms with Crippen molar-refractivity contribution in [3.8, 4) is 0 Å². The van der Waals surface area contributed by atoms with Crippen molar-refractivity contribution in [2.24, 2.45) is 5.92 Å². The fraction of sp³-hybridized carbons (Fsp3) is 0.500. The first-order chi connectivity index (χ1) is 9.97. The normalized spacial score (nSPS) is 18.2. The molecule has 1 aromatic carbocycles. The Kier molecular flexibility index (Phi) is 5.28. The molecule has 1 atom stereocenters. The van der Waals surface area contributed by atoms with Crippen LogP contribution in [0.5, 0.6) is 0 Å². The van der Waals surface area contributed by atoms with Gasteiger partial charge in [-0.2, -0.15) is 0 Å². The Bertz CT molecular complexity index is 513. The van der Waals surface area contributed by atoms with Gasteiger partial charge < -0.3 is 10.0 Å². The summed E-state index contributed by atoms with van der Waals surface area (Å²) in [5.74, 6) is -0.306. The summed E-state index contributed by atoms with van der Waals surface area (Å²) in [5, 5.41) is 8.95. The molecule has 1 aliphatic heterocycles. The first kappa shape index (κ1) is 15.9. The van der Waals surface area contributed by atoms with Gasteiger partial charge in [-0.25, -0.2) is 0 Å². The molecule has 1 fully saturated rings. The number of likely N-dealkylation sites (tertiary alicyclic amines) is 1. The second-order valence-corrected chi connectivity index (χ2v) is 6.72. The van der Waals surface area contributed by atoms with Crippen LogP contribution < -0.4 is 0 Å². The van der Waals surface area contributed by atoms with Crippen LogP contribution in [0.15, 0.2) is 29.2 Å². The number of carboxylic acid groups (broad SMARTS) is 1. The first-order valence-corrected chi connectivity index (χ1v) is 8.19. The molecule has 1 N–H and O–H groups in total. The first-order valence-electron chi connectivity index (χ1n) is 7.20. The van der Waals surface area contributed by atoms with Crippen LogP contribution in [-0.4, -0.2) is 40.7 Å². The Morgan fingerprint density at radius 1 is 1.33 bits per heavy atom. The minimum absolute atomic E-state index is 0.0247. The van der Waals surface area contributed by atoms with Crippen molar-refractivity contribution in [3.63, 3.8) is 0 Å². The summed E-state index contributed by atoms with van der Waals surface area (Å²) < 4.78 is 0. The van der Waals surface area contributed by atoms with Crippen molar-refractivity contribution >= 4 is 23.6 Å². The zero-order chi connectivity index (χ0) is 15.4. The predicted molar refractivity (Wildman–Crippen MR) is 83.6 cm³/mol. The van der Waals surface area contributed by atoms with E-state index in [4.69, 9.17) is 5.11 Å². The highest BCUT2D eigenvalue weighted by Crippen LogP contribution is 2.23. The van der Waals surface area contributed by atoms with Crippen molar-refractivity contribution in [1.29, 1.82) is 0 Å². The quantitative estimate of drug-likeness (QED) is 0.850. The van der Waals surface area contributed by atoms with Crippen molar-refractivity contribution in [3.05, 3.63) is 29.8 Å². The molecule has 1 heterocycles. The molecule has 4 nitrogen and oxygen atoms in total. The van der Waals surface area contributed by atoms with Crippen LogP contribution >= 0.6 is 11.8 Å². The van der Waals surface area contributed by atoms with Gasteiger partial charge in [-0.3, -0.25) is 9.59 Å². The Morgan fingerprint density at radius 2 is 2.00 bits per heavy atom. The summed E-state index contributed by atoms with van der Waals surface area (Å²) in [7, 11) is 0. The number of aliphatic carboxylic acids is 1. The Balaban J connectivity index is 1.83. The van der Waals surface area contributed by atoms with Gasteiger partial charge in [0, 0.05) is 18.0 Å². The molecule has 21 heavy (non-hydrogen) atoms. The Morgan fingerprint density at radius 3 is 2.52 bits per heavy atom. The highest BCUT2D eigenvalue weighted by atomic mass is 32.2. The highest BCUT2D eigenvalue weighted by molar-refractivity contribution is 8.00. The largest absolute Gasteiger partial charge is 0.481 e. The highest BCUT2D eigenvalue weighted by Gasteiger charge is 2.30. The van der Waals surface area contributed by atoms with Crippen molar-refractivity contribution in [1.82, 2.24) is 4.90 Å². The van der Waals surface area contributed by atoms with Crippen molar-refractivity contribution in [2.75, 3.05) is 18.8 Å². The summed E-state index contributed by atoms with van der Waals surface area (Å²) in [6.45, 7) is 5.21. The molecule has 5 heteroatoms. The average molecular weight is 307 g/mol. The molecule has 1 unspecified atom stereocenters. The van der Waals surface area contributed by atoms with Gasteiger partial charge in [-0.15, -0.1) is 11.8 Å². The number of carbonyl (C=O) groups excluding carboxylic acids is 1. The molecular weight excluding hydrogens is 286 g/mol. The molecule has 2 rings (SSSR count). The molecule has 1 saturated heterocycles. The molecule has 0 bridgehead atoms. The fourth-order valence-electron chi connectivity index (χ4n) is 2.37. The molecule has 0 aliphatic carbocycles. The minimum Gasteiger partial charge on any atom is -0.481 e. The third-order valence-corrected chi connectivity index (χ3v) is 4.80. The molecular formula is C16H21NO3S. The van der Waals surface area contributed by atoms with Crippen LogP contribution in [0.4, 0.5) is 0 Å². The summed E-state index contributed by atoms with van der Waals surface area (Å²) >= 11 is 1.51. The lowest BCUT2D eigenvalue weighted by Gasteiger charge is -2.15. The van der Waals surface area contributed by atoms with Gasteiger partial charge in [-0.05, 0) is 30.0 Å². The number of carboxylic acids is 1. The maximum Gasteiger partial charge on any atom is 0.308 e. The van der Waals surface area contributed by atoms with E-state index in [1.165, 1.54) is 17.3 Å². The van der Waals surface area contributed by atoms with E-state index in [1.54, 1.807) is 4.90 Å². The summed E-state index contributed by atoms with van der Waals surface area (Å²) in [4.78, 5) is 25.7. The van der Waals surface area contributed by atoms with Crippen LogP contribution in [0, 0.1) is 5.92 Å². The van der Waals surface area contributed by atoms with Gasteiger partial charge in [0.05, 0.1) is 11.7 Å². The molecule has 0 radical (unpaired) electrons. The minimum atomic E-state index is -0.803. The number of hydrogen-bond donors (Lipinski definition) is 1. The SMILES string of the molecule is CC(C)c1ccc(SCC(=O)N2CCC(C(=O)O)C2)cc1. The van der Waals surface area contributed by atoms with Gasteiger partial charge >= 0.3 is 5.97 Å². The maximum atomic E-state index is 12.1. The van der Waals surface area contributed by atoms with E-state index in [0.29, 0.717) is 31.2 Å². The monoisotopic (exact) mass is 307 g/mol. The molecule has 1 amide bonds. The zero-order valence-electron chi connectivity index (χ0n) is 12.4. The van der Waals surface area contributed by atoms with E-state index >= 15 is 0 Å². The number of nitrogens with zero attached hydrogens (tertiary/aromatic N) is 1. The van der Waals surface area contributed by atoms with Crippen molar-refractivity contribution < 1.29 is 14.7 Å². The molecule has 0 saturated carbocycles. The number of amides is 1. The number of thioether (sulfide) groups is 1. The molecule has 0 spiro atoms. The topological polar surface area (TPSA) is 57.6 Å². The second kappa shape index (κ2) is 6.98. The van der Waals surface area contributed by atoms with E-state index in [9.17, 15) is 9.59 Å². The van der Waals surface area contributed by atoms with Crippen molar-refractivity contribution in [2.45, 2.75) is 31.1 Å². The number of benzene rings is 1. The third-order valence-electron chi connectivity index (χ3n) is 3.80. The van der Waals surface area contributed by atoms with E-state index in [0.717, 1.165) is 4.90 Å². The smallest absolute Gasteiger partial charge is 0.308 e. The maximum absolute atomic E-state index is 12.1. The lowest BCUT2D eigenvalue weighted by molar-refractivity contribution is -0.141. The lowest BCUT2D eigenvalue weighted by Crippen LogP contribution is -2.31. The zero-order valence-corrected chi connectivity index (χ0v) is 13.2. The number of carbonyl (C=O) groups is 2. The molecule has 1 aromatic rings. The van der Waals surface area contributed by atoms with Gasteiger partial charge in [0.15, 0.2) is 0 Å². The second-order valence-electron chi connectivity index (χ2n) is 5.68. The van der Waals surface area contributed by atoms with Crippen LogP contribution in [0.2, 0.25) is 0 Å². The van der Waals surface area contributed by atoms with Gasteiger partial charge in [0.1, 0.15) is 0 Å². The number of hydrogen-bond acceptors (Lipinski definition) is 3. The molecule has 114 valence electrons. The summed E-state index contributed by atoms with van der Waals surface area (Å²) in [5.41, 5.74) is 1.29. The van der Waals surface area contributed by atoms with Crippen LogP contribution in [0.1, 0.15) is 31.7 Å². The lowest BCUT2D eigenvalue weighted by atomic mass is 10.0. The van der Waals surface area contributed by atoms with Crippen LogP contribution in [-0.2, 0) is 9.59 Å². The van der Waals surface area contributed by atoms with E-state index < -0.39 is 11.9 Å². The molecule has 1 aliphatic rings. The van der Waals surface area contributed by atoms with Crippen LogP contribution in [0.25, 0.3) is 0 Å². The summed E-state index contributed by atoms with van der Waals surface area (Å²) in [6, 6.07) is 8.26. The number of rotatable bonds is 5. The average Bonchev–Trinajstić information content (AvgIpc) is 2.95. The third kappa shape index (κ3) is 4.24. The Hall–Kier alpha value is -1.49. The fourth-order valence-corrected chi connectivity index (χ4v) is 3.17. The standard InChI is InChI=1S/C16H21NO3S/c1-11(2)12-3-5-14(6-4-12)21-10-15(18)17-8-7-13(9-17)16(19)20/h3-6,11,13H,7-10H2,1-2H3,(H,19,20). The van der Waals surface area contributed by atoms with E-state index in [1.807, 2.05) is 12.1 Å². The van der Waals surface area contributed by atoms with Crippen LogP contribution in [0.3, 0.4) is 0 Å². The summed E-state index contributed by atoms with van der Waals surface area (Å²) in [6.07, 6.45) is 0.564. The van der Waals surface area contributed by atoms with Gasteiger partial charge in [0.2, 0.25) is 5.91 Å².